The molecule has 1 atom stereocenters. The number of anilines is 2. The highest BCUT2D eigenvalue weighted by Crippen LogP contribution is 2.26. The molecule has 156 valence electrons. The molecule has 29 heavy (non-hydrogen) atoms. The molecular weight excluding hydrogens is 398 g/mol. The van der Waals surface area contributed by atoms with Crippen LogP contribution in [0.2, 0.25) is 0 Å². The van der Waals surface area contributed by atoms with Gasteiger partial charge in [0.2, 0.25) is 21.8 Å². The van der Waals surface area contributed by atoms with Gasteiger partial charge in [-0.15, -0.1) is 0 Å². The van der Waals surface area contributed by atoms with Gasteiger partial charge in [-0.25, -0.2) is 8.42 Å². The Labute approximate surface area is 169 Å². The second-order valence-corrected chi connectivity index (χ2v) is 7.85. The zero-order valence-corrected chi connectivity index (χ0v) is 17.3. The van der Waals surface area contributed by atoms with Gasteiger partial charge in [0.05, 0.1) is 25.2 Å². The summed E-state index contributed by atoms with van der Waals surface area (Å²) in [6.45, 7) is 2.78. The summed E-state index contributed by atoms with van der Waals surface area (Å²) in [7, 11) is -0.980. The van der Waals surface area contributed by atoms with Gasteiger partial charge in [-0.1, -0.05) is 0 Å². The molecule has 0 saturated carbocycles. The van der Waals surface area contributed by atoms with Gasteiger partial charge in [-0.05, 0) is 31.2 Å². The number of amides is 2. The van der Waals surface area contributed by atoms with Crippen LogP contribution in [0.3, 0.4) is 0 Å². The number of ether oxygens (including phenoxy) is 2. The minimum absolute atomic E-state index is 0.0331. The molecule has 0 aliphatic carbocycles. The number of carbonyl (C=O) groups excluding carboxylic acids is 2. The maximum Gasteiger partial charge on any atom is 0.242 e. The average molecular weight is 421 g/mol. The van der Waals surface area contributed by atoms with Crippen LogP contribution >= 0.6 is 0 Å². The van der Waals surface area contributed by atoms with E-state index in [-0.39, 0.29) is 10.8 Å². The summed E-state index contributed by atoms with van der Waals surface area (Å²) in [5.74, 6) is 0.135. The van der Waals surface area contributed by atoms with E-state index in [0.29, 0.717) is 22.9 Å². The first kappa shape index (κ1) is 22.2. The van der Waals surface area contributed by atoms with E-state index in [1.807, 2.05) is 0 Å². The number of hydrogen-bond acceptors (Lipinski definition) is 6. The van der Waals surface area contributed by atoms with E-state index in [9.17, 15) is 18.0 Å². The molecule has 9 nitrogen and oxygen atoms in total. The minimum Gasteiger partial charge on any atom is -0.497 e. The number of rotatable bonds is 8. The highest BCUT2D eigenvalue weighted by atomic mass is 32.2. The van der Waals surface area contributed by atoms with Crippen LogP contribution < -0.4 is 24.8 Å². The Morgan fingerprint density at radius 1 is 0.897 bits per heavy atom. The number of sulfonamides is 1. The molecule has 0 radical (unpaired) electrons. The second-order valence-electron chi connectivity index (χ2n) is 6.14. The van der Waals surface area contributed by atoms with Crippen molar-refractivity contribution in [2.24, 2.45) is 0 Å². The van der Waals surface area contributed by atoms with Crippen molar-refractivity contribution in [1.29, 1.82) is 0 Å². The molecule has 2 aromatic carbocycles. The van der Waals surface area contributed by atoms with Gasteiger partial charge in [-0.3, -0.25) is 9.59 Å². The van der Waals surface area contributed by atoms with Crippen molar-refractivity contribution < 1.29 is 27.5 Å². The molecule has 0 spiro atoms. The van der Waals surface area contributed by atoms with Gasteiger partial charge in [0.15, 0.2) is 0 Å². The molecule has 2 aromatic rings. The van der Waals surface area contributed by atoms with Crippen LogP contribution in [-0.2, 0) is 19.6 Å². The molecule has 2 rings (SSSR count). The lowest BCUT2D eigenvalue weighted by Crippen LogP contribution is -2.41. The average Bonchev–Trinajstić information content (AvgIpc) is 2.67. The van der Waals surface area contributed by atoms with E-state index in [1.165, 1.54) is 52.3 Å². The van der Waals surface area contributed by atoms with E-state index in [4.69, 9.17) is 9.47 Å². The largest absolute Gasteiger partial charge is 0.497 e. The van der Waals surface area contributed by atoms with Gasteiger partial charge in [0.25, 0.3) is 0 Å². The normalized spacial score (nSPS) is 12.0. The van der Waals surface area contributed by atoms with E-state index in [1.54, 1.807) is 18.2 Å². The lowest BCUT2D eigenvalue weighted by molar-refractivity contribution is -0.117. The van der Waals surface area contributed by atoms with E-state index >= 15 is 0 Å². The Morgan fingerprint density at radius 2 is 1.45 bits per heavy atom. The first-order chi connectivity index (χ1) is 13.6. The molecule has 2 amide bonds. The Kier molecular flexibility index (Phi) is 7.18. The third-order valence-corrected chi connectivity index (χ3v) is 5.39. The van der Waals surface area contributed by atoms with Crippen molar-refractivity contribution in [3.8, 4) is 11.5 Å². The molecule has 0 aromatic heterocycles. The molecule has 10 heteroatoms. The Hall–Kier alpha value is -3.11. The molecule has 0 bridgehead atoms. The highest BCUT2D eigenvalue weighted by Gasteiger charge is 2.22. The number of methoxy groups -OCH3 is 2. The van der Waals surface area contributed by atoms with Crippen molar-refractivity contribution in [2.75, 3.05) is 24.9 Å². The first-order valence-electron chi connectivity index (χ1n) is 8.58. The van der Waals surface area contributed by atoms with Crippen LogP contribution in [-0.4, -0.2) is 40.5 Å². The maximum atomic E-state index is 12.5. The molecule has 0 saturated heterocycles. The topological polar surface area (TPSA) is 123 Å². The molecule has 0 heterocycles. The fourth-order valence-electron chi connectivity index (χ4n) is 2.41. The maximum absolute atomic E-state index is 12.5. The third-order valence-electron chi connectivity index (χ3n) is 3.83. The van der Waals surface area contributed by atoms with Crippen LogP contribution in [0.15, 0.2) is 47.4 Å². The predicted molar refractivity (Wildman–Crippen MR) is 109 cm³/mol. The third kappa shape index (κ3) is 6.19. The quantitative estimate of drug-likeness (QED) is 0.599. The molecule has 0 unspecified atom stereocenters. The fourth-order valence-corrected chi connectivity index (χ4v) is 3.61. The fraction of sp³-hybridized carbons (Fsp3) is 0.263. The van der Waals surface area contributed by atoms with Crippen molar-refractivity contribution >= 4 is 33.2 Å². The summed E-state index contributed by atoms with van der Waals surface area (Å²) >= 11 is 0. The minimum atomic E-state index is -3.94. The van der Waals surface area contributed by atoms with Crippen molar-refractivity contribution in [2.45, 2.75) is 24.8 Å². The summed E-state index contributed by atoms with van der Waals surface area (Å²) in [5.41, 5.74) is 0.867. The van der Waals surface area contributed by atoms with Crippen LogP contribution in [0.1, 0.15) is 13.8 Å². The summed E-state index contributed by atoms with van der Waals surface area (Å²) in [6.07, 6.45) is 0. The highest BCUT2D eigenvalue weighted by molar-refractivity contribution is 7.89. The van der Waals surface area contributed by atoms with E-state index < -0.39 is 22.0 Å². The zero-order valence-electron chi connectivity index (χ0n) is 16.5. The SMILES string of the molecule is COc1cc(NC(=O)[C@H](C)NS(=O)(=O)c2ccc(NC(C)=O)cc2)cc(OC)c1. The first-order valence-corrected chi connectivity index (χ1v) is 10.1. The van der Waals surface area contributed by atoms with Gasteiger partial charge in [0, 0.05) is 36.5 Å². The summed E-state index contributed by atoms with van der Waals surface area (Å²) in [6, 6.07) is 9.37. The van der Waals surface area contributed by atoms with E-state index in [0.717, 1.165) is 0 Å². The lowest BCUT2D eigenvalue weighted by Gasteiger charge is -2.16. The van der Waals surface area contributed by atoms with Crippen molar-refractivity contribution in [3.05, 3.63) is 42.5 Å². The Bertz CT molecular complexity index is 967. The summed E-state index contributed by atoms with van der Waals surface area (Å²) in [5, 5.41) is 5.17. The smallest absolute Gasteiger partial charge is 0.242 e. The molecule has 0 aliphatic heterocycles. The lowest BCUT2D eigenvalue weighted by atomic mass is 10.2. The number of hydrogen-bond donors (Lipinski definition) is 3. The molecular formula is C19H23N3O6S. The van der Waals surface area contributed by atoms with Crippen LogP contribution in [0.4, 0.5) is 11.4 Å². The van der Waals surface area contributed by atoms with E-state index in [2.05, 4.69) is 15.4 Å². The summed E-state index contributed by atoms with van der Waals surface area (Å²) in [4.78, 5) is 23.4. The Balaban J connectivity index is 2.09. The van der Waals surface area contributed by atoms with Crippen LogP contribution in [0.5, 0.6) is 11.5 Å². The van der Waals surface area contributed by atoms with Gasteiger partial charge in [-0.2, -0.15) is 4.72 Å². The Morgan fingerprint density at radius 3 is 1.93 bits per heavy atom. The molecule has 0 fully saturated rings. The van der Waals surface area contributed by atoms with Gasteiger partial charge in [0.1, 0.15) is 11.5 Å². The number of carbonyl (C=O) groups is 2. The number of nitrogens with one attached hydrogen (secondary N) is 3. The second kappa shape index (κ2) is 9.39. The van der Waals surface area contributed by atoms with Crippen LogP contribution in [0.25, 0.3) is 0 Å². The molecule has 0 aliphatic rings. The predicted octanol–water partition coefficient (Wildman–Crippen LogP) is 1.97. The monoisotopic (exact) mass is 421 g/mol. The standard InChI is InChI=1S/C19H23N3O6S/c1-12(19(24)21-15-9-16(27-3)11-17(10-15)28-4)22-29(25,26)18-7-5-14(6-8-18)20-13(2)23/h5-12,22H,1-4H3,(H,20,23)(H,21,24)/t12-/m0/s1. The van der Waals surface area contributed by atoms with Gasteiger partial charge >= 0.3 is 0 Å². The van der Waals surface area contributed by atoms with Gasteiger partial charge < -0.3 is 20.1 Å². The van der Waals surface area contributed by atoms with Crippen LogP contribution in [0, 0.1) is 0 Å². The summed E-state index contributed by atoms with van der Waals surface area (Å²) < 4.78 is 37.6. The van der Waals surface area contributed by atoms with Crippen molar-refractivity contribution in [3.63, 3.8) is 0 Å². The van der Waals surface area contributed by atoms with Crippen molar-refractivity contribution in [1.82, 2.24) is 4.72 Å². The molecule has 3 N–H and O–H groups in total. The zero-order chi connectivity index (χ0) is 21.6. The number of benzene rings is 2.